The topological polar surface area (TPSA) is 59.5 Å². The monoisotopic (exact) mass is 324 g/mol. The van der Waals surface area contributed by atoms with Crippen LogP contribution < -0.4 is 9.04 Å². The number of aromatic nitrogens is 1. The molecule has 0 bridgehead atoms. The highest BCUT2D eigenvalue weighted by molar-refractivity contribution is 7.92. The highest BCUT2D eigenvalue weighted by Gasteiger charge is 2.29. The fourth-order valence-corrected chi connectivity index (χ4v) is 4.58. The van der Waals surface area contributed by atoms with E-state index in [9.17, 15) is 8.42 Å². The van der Waals surface area contributed by atoms with Gasteiger partial charge in [-0.25, -0.2) is 13.4 Å². The third-order valence-electron chi connectivity index (χ3n) is 3.29. The van der Waals surface area contributed by atoms with Crippen LogP contribution in [0.15, 0.2) is 29.8 Å². The van der Waals surface area contributed by atoms with E-state index in [0.717, 1.165) is 10.4 Å². The van der Waals surface area contributed by atoms with Gasteiger partial charge in [-0.2, -0.15) is 0 Å². The predicted octanol–water partition coefficient (Wildman–Crippen LogP) is 2.22. The number of aryl methyl sites for hydroxylation is 2. The average molecular weight is 324 g/mol. The maximum Gasteiger partial charge on any atom is 0.238 e. The minimum Gasteiger partial charge on any atom is -0.474 e. The van der Waals surface area contributed by atoms with Crippen molar-refractivity contribution in [3.63, 3.8) is 0 Å². The lowest BCUT2D eigenvalue weighted by Crippen LogP contribution is -2.40. The van der Waals surface area contributed by atoms with Gasteiger partial charge in [0.2, 0.25) is 15.9 Å². The van der Waals surface area contributed by atoms with Crippen LogP contribution in [0.3, 0.4) is 0 Å². The summed E-state index contributed by atoms with van der Waals surface area (Å²) in [6.07, 6.45) is 2.21. The summed E-state index contributed by atoms with van der Waals surface area (Å²) in [4.78, 5) is 5.24. The molecule has 2 aromatic rings. The highest BCUT2D eigenvalue weighted by atomic mass is 32.2. The second-order valence-corrected chi connectivity index (χ2v) is 7.95. The Kier molecular flexibility index (Phi) is 3.86. The number of sulfonamides is 1. The first-order valence-electron chi connectivity index (χ1n) is 6.68. The fourth-order valence-electron chi connectivity index (χ4n) is 2.26. The standard InChI is InChI=1S/C14H16N2O3S2/c1-11-9-13-14(15-10-11)19-6-5-16(13)21(17,18)8-4-12-3-2-7-20-12/h2-3,7,9-10H,4-6,8H2,1H3. The molecule has 21 heavy (non-hydrogen) atoms. The summed E-state index contributed by atoms with van der Waals surface area (Å²) in [5.41, 5.74) is 1.46. The summed E-state index contributed by atoms with van der Waals surface area (Å²) >= 11 is 1.58. The highest BCUT2D eigenvalue weighted by Crippen LogP contribution is 2.32. The first-order chi connectivity index (χ1) is 10.1. The number of fused-ring (bicyclic) bond motifs is 1. The van der Waals surface area contributed by atoms with Gasteiger partial charge in [-0.3, -0.25) is 4.31 Å². The molecule has 3 rings (SSSR count). The van der Waals surface area contributed by atoms with E-state index in [1.54, 1.807) is 17.5 Å². The minimum atomic E-state index is -3.37. The summed E-state index contributed by atoms with van der Waals surface area (Å²) in [6, 6.07) is 5.70. The average Bonchev–Trinajstić information content (AvgIpc) is 2.98. The van der Waals surface area contributed by atoms with Crippen molar-refractivity contribution in [2.75, 3.05) is 23.2 Å². The molecule has 1 aliphatic rings. The van der Waals surface area contributed by atoms with Crippen molar-refractivity contribution in [1.29, 1.82) is 0 Å². The maximum atomic E-state index is 12.6. The molecule has 0 atom stereocenters. The molecule has 0 N–H and O–H groups in total. The quantitative estimate of drug-likeness (QED) is 0.865. The first-order valence-corrected chi connectivity index (χ1v) is 9.17. The van der Waals surface area contributed by atoms with E-state index in [0.29, 0.717) is 31.1 Å². The predicted molar refractivity (Wildman–Crippen MR) is 83.6 cm³/mol. The van der Waals surface area contributed by atoms with Crippen molar-refractivity contribution in [2.24, 2.45) is 0 Å². The van der Waals surface area contributed by atoms with Crippen molar-refractivity contribution < 1.29 is 13.2 Å². The third kappa shape index (κ3) is 3.03. The molecule has 0 saturated carbocycles. The second-order valence-electron chi connectivity index (χ2n) is 4.90. The van der Waals surface area contributed by atoms with Gasteiger partial charge < -0.3 is 4.74 Å². The molecule has 0 spiro atoms. The van der Waals surface area contributed by atoms with Gasteiger partial charge in [-0.1, -0.05) is 6.07 Å². The van der Waals surface area contributed by atoms with Crippen molar-refractivity contribution in [1.82, 2.24) is 4.98 Å². The van der Waals surface area contributed by atoms with Gasteiger partial charge in [0.15, 0.2) is 0 Å². The molecular weight excluding hydrogens is 308 g/mol. The van der Waals surface area contributed by atoms with E-state index in [1.165, 1.54) is 4.31 Å². The van der Waals surface area contributed by atoms with Crippen LogP contribution in [0.1, 0.15) is 10.4 Å². The number of thiophene rings is 1. The van der Waals surface area contributed by atoms with Crippen LogP contribution >= 0.6 is 11.3 Å². The molecule has 5 nitrogen and oxygen atoms in total. The van der Waals surface area contributed by atoms with Crippen LogP contribution in [-0.2, 0) is 16.4 Å². The van der Waals surface area contributed by atoms with Crippen LogP contribution in [0, 0.1) is 6.92 Å². The van der Waals surface area contributed by atoms with E-state index in [-0.39, 0.29) is 5.75 Å². The Hall–Kier alpha value is -1.60. The number of hydrogen-bond acceptors (Lipinski definition) is 5. The number of anilines is 1. The molecule has 7 heteroatoms. The third-order valence-corrected chi connectivity index (χ3v) is 6.00. The van der Waals surface area contributed by atoms with Crippen molar-refractivity contribution in [2.45, 2.75) is 13.3 Å². The van der Waals surface area contributed by atoms with Crippen LogP contribution in [0.5, 0.6) is 5.88 Å². The van der Waals surface area contributed by atoms with Gasteiger partial charge in [-0.15, -0.1) is 11.3 Å². The van der Waals surface area contributed by atoms with Crippen molar-refractivity contribution in [3.8, 4) is 5.88 Å². The summed E-state index contributed by atoms with van der Waals surface area (Å²) in [6.45, 7) is 2.56. The van der Waals surface area contributed by atoms with Gasteiger partial charge in [-0.05, 0) is 36.4 Å². The van der Waals surface area contributed by atoms with Gasteiger partial charge in [0, 0.05) is 11.1 Å². The largest absolute Gasteiger partial charge is 0.474 e. The molecule has 112 valence electrons. The Morgan fingerprint density at radius 2 is 2.33 bits per heavy atom. The van der Waals surface area contributed by atoms with Crippen LogP contribution in [-0.4, -0.2) is 32.3 Å². The normalized spacial score (nSPS) is 14.6. The van der Waals surface area contributed by atoms with Crippen LogP contribution in [0.2, 0.25) is 0 Å². The zero-order chi connectivity index (χ0) is 14.9. The molecule has 3 heterocycles. The fraction of sp³-hybridized carbons (Fsp3) is 0.357. The lowest BCUT2D eigenvalue weighted by Gasteiger charge is -2.29. The molecule has 0 aromatic carbocycles. The van der Waals surface area contributed by atoms with Crippen molar-refractivity contribution >= 4 is 27.0 Å². The van der Waals surface area contributed by atoms with Gasteiger partial charge in [0.25, 0.3) is 0 Å². The lowest BCUT2D eigenvalue weighted by molar-refractivity contribution is 0.303. The van der Waals surface area contributed by atoms with Crippen LogP contribution in [0.25, 0.3) is 0 Å². The van der Waals surface area contributed by atoms with Gasteiger partial charge in [0.05, 0.1) is 12.3 Å². The smallest absolute Gasteiger partial charge is 0.238 e. The zero-order valence-electron chi connectivity index (χ0n) is 11.7. The number of pyridine rings is 1. The Morgan fingerprint density at radius 3 is 3.10 bits per heavy atom. The van der Waals surface area contributed by atoms with E-state index in [4.69, 9.17) is 4.74 Å². The van der Waals surface area contributed by atoms with Crippen LogP contribution in [0.4, 0.5) is 5.69 Å². The van der Waals surface area contributed by atoms with E-state index < -0.39 is 10.0 Å². The van der Waals surface area contributed by atoms with Gasteiger partial charge >= 0.3 is 0 Å². The van der Waals surface area contributed by atoms with Gasteiger partial charge in [0.1, 0.15) is 12.3 Å². The first kappa shape index (κ1) is 14.3. The number of hydrogen-bond donors (Lipinski definition) is 0. The summed E-state index contributed by atoms with van der Waals surface area (Å²) in [7, 11) is -3.37. The SMILES string of the molecule is Cc1cnc2c(c1)N(S(=O)(=O)CCc1cccs1)CCO2. The van der Waals surface area contributed by atoms with E-state index in [1.807, 2.05) is 30.5 Å². The Labute approximate surface area is 128 Å². The van der Waals surface area contributed by atoms with E-state index in [2.05, 4.69) is 4.98 Å². The number of nitrogens with zero attached hydrogens (tertiary/aromatic N) is 2. The molecule has 0 saturated heterocycles. The maximum absolute atomic E-state index is 12.6. The molecule has 1 aliphatic heterocycles. The Balaban J connectivity index is 1.85. The summed E-state index contributed by atoms with van der Waals surface area (Å²) < 4.78 is 32.1. The molecule has 0 unspecified atom stereocenters. The van der Waals surface area contributed by atoms with E-state index >= 15 is 0 Å². The van der Waals surface area contributed by atoms with Crippen molar-refractivity contribution in [3.05, 3.63) is 40.2 Å². The minimum absolute atomic E-state index is 0.0981. The Morgan fingerprint density at radius 1 is 1.48 bits per heavy atom. The molecule has 0 amide bonds. The Bertz CT molecular complexity index is 727. The number of ether oxygens (including phenoxy) is 1. The molecule has 0 radical (unpaired) electrons. The molecule has 2 aromatic heterocycles. The zero-order valence-corrected chi connectivity index (χ0v) is 13.3. The summed E-state index contributed by atoms with van der Waals surface area (Å²) in [5.74, 6) is 0.493. The number of rotatable bonds is 4. The molecular formula is C14H16N2O3S2. The second kappa shape index (κ2) is 5.65. The lowest BCUT2D eigenvalue weighted by atomic mass is 10.3. The molecule has 0 aliphatic carbocycles. The summed E-state index contributed by atoms with van der Waals surface area (Å²) in [5, 5.41) is 1.96. The molecule has 0 fully saturated rings.